The second-order valence-electron chi connectivity index (χ2n) is 3.25. The Kier molecular flexibility index (Phi) is 3.68. The number of pyridine rings is 1. The van der Waals surface area contributed by atoms with Gasteiger partial charge in [0.25, 0.3) is 5.56 Å². The number of carbonyl (C=O) groups excluding carboxylic acids is 1. The van der Waals surface area contributed by atoms with Crippen molar-refractivity contribution in [2.24, 2.45) is 0 Å². The van der Waals surface area contributed by atoms with Crippen LogP contribution in [0.1, 0.15) is 0 Å². The second kappa shape index (κ2) is 5.41. The summed E-state index contributed by atoms with van der Waals surface area (Å²) >= 11 is 3.24. The molecule has 0 aliphatic carbocycles. The molecule has 0 atom stereocenters. The van der Waals surface area contributed by atoms with Crippen molar-refractivity contribution in [3.8, 4) is 0 Å². The standard InChI is InChI=1S/C10H8BrN5O2/c11-6-1-2-7(12-5-6)13-10(18)14-8-3-4-9(17)16-15-8/h1-5H,(H,16,17)(H2,12,13,14,15,18). The predicted molar refractivity (Wildman–Crippen MR) is 69.4 cm³/mol. The maximum atomic E-state index is 11.5. The Morgan fingerprint density at radius 1 is 1.17 bits per heavy atom. The van der Waals surface area contributed by atoms with Crippen molar-refractivity contribution in [2.45, 2.75) is 0 Å². The number of urea groups is 1. The zero-order valence-corrected chi connectivity index (χ0v) is 10.6. The largest absolute Gasteiger partial charge is 0.326 e. The first-order valence-electron chi connectivity index (χ1n) is 4.89. The molecule has 0 fully saturated rings. The maximum absolute atomic E-state index is 11.5. The van der Waals surface area contributed by atoms with E-state index in [-0.39, 0.29) is 11.4 Å². The minimum Gasteiger partial charge on any atom is -0.292 e. The third-order valence-corrected chi connectivity index (χ3v) is 2.36. The highest BCUT2D eigenvalue weighted by molar-refractivity contribution is 9.10. The average molecular weight is 310 g/mol. The zero-order valence-electron chi connectivity index (χ0n) is 8.98. The molecule has 92 valence electrons. The molecule has 0 saturated carbocycles. The fourth-order valence-corrected chi connectivity index (χ4v) is 1.36. The number of halogens is 1. The van der Waals surface area contributed by atoms with Crippen molar-refractivity contribution >= 4 is 33.6 Å². The molecule has 8 heteroatoms. The molecular weight excluding hydrogens is 302 g/mol. The van der Waals surface area contributed by atoms with Crippen molar-refractivity contribution in [2.75, 3.05) is 10.6 Å². The quantitative estimate of drug-likeness (QED) is 0.784. The highest BCUT2D eigenvalue weighted by Gasteiger charge is 2.04. The highest BCUT2D eigenvalue weighted by Crippen LogP contribution is 2.10. The second-order valence-corrected chi connectivity index (χ2v) is 4.16. The summed E-state index contributed by atoms with van der Waals surface area (Å²) in [6, 6.07) is 5.56. The van der Waals surface area contributed by atoms with Crippen LogP contribution in [0.2, 0.25) is 0 Å². The number of H-pyrrole nitrogens is 1. The van der Waals surface area contributed by atoms with Gasteiger partial charge in [-0.2, -0.15) is 5.10 Å². The maximum Gasteiger partial charge on any atom is 0.326 e. The van der Waals surface area contributed by atoms with Gasteiger partial charge >= 0.3 is 6.03 Å². The predicted octanol–water partition coefficient (Wildman–Crippen LogP) is 1.57. The number of anilines is 2. The van der Waals surface area contributed by atoms with E-state index < -0.39 is 6.03 Å². The molecule has 18 heavy (non-hydrogen) atoms. The third kappa shape index (κ3) is 3.39. The molecule has 0 bridgehead atoms. The van der Waals surface area contributed by atoms with Crippen molar-refractivity contribution in [3.05, 3.63) is 45.3 Å². The number of amides is 2. The van der Waals surface area contributed by atoms with Gasteiger partial charge in [-0.15, -0.1) is 0 Å². The first-order chi connectivity index (χ1) is 8.63. The van der Waals surface area contributed by atoms with E-state index in [1.807, 2.05) is 0 Å². The third-order valence-electron chi connectivity index (χ3n) is 1.89. The summed E-state index contributed by atoms with van der Waals surface area (Å²) < 4.78 is 0.816. The summed E-state index contributed by atoms with van der Waals surface area (Å²) in [5.74, 6) is 0.643. The Morgan fingerprint density at radius 2 is 1.89 bits per heavy atom. The Bertz CT molecular complexity index is 590. The topological polar surface area (TPSA) is 99.8 Å². The van der Waals surface area contributed by atoms with Crippen LogP contribution in [0.25, 0.3) is 0 Å². The smallest absolute Gasteiger partial charge is 0.292 e. The molecule has 2 amide bonds. The molecule has 0 spiro atoms. The van der Waals surface area contributed by atoms with E-state index in [9.17, 15) is 9.59 Å². The molecule has 0 radical (unpaired) electrons. The number of carbonyl (C=O) groups is 1. The van der Waals surface area contributed by atoms with E-state index in [2.05, 4.69) is 41.7 Å². The van der Waals surface area contributed by atoms with Gasteiger partial charge in [-0.25, -0.2) is 14.9 Å². The fourth-order valence-electron chi connectivity index (χ4n) is 1.13. The molecule has 2 aromatic rings. The fraction of sp³-hybridized carbons (Fsp3) is 0. The van der Waals surface area contributed by atoms with Crippen molar-refractivity contribution in [1.29, 1.82) is 0 Å². The molecule has 2 rings (SSSR count). The Balaban J connectivity index is 1.98. The normalized spacial score (nSPS) is 9.83. The lowest BCUT2D eigenvalue weighted by molar-refractivity contribution is 0.262. The Labute approximate surface area is 110 Å². The van der Waals surface area contributed by atoms with Crippen LogP contribution in [-0.4, -0.2) is 21.2 Å². The van der Waals surface area contributed by atoms with Crippen LogP contribution in [0.5, 0.6) is 0 Å². The van der Waals surface area contributed by atoms with Gasteiger partial charge in [0.2, 0.25) is 0 Å². The van der Waals surface area contributed by atoms with Crippen molar-refractivity contribution in [1.82, 2.24) is 15.2 Å². The lowest BCUT2D eigenvalue weighted by atomic mass is 10.4. The van der Waals surface area contributed by atoms with Crippen molar-refractivity contribution in [3.63, 3.8) is 0 Å². The number of rotatable bonds is 2. The van der Waals surface area contributed by atoms with Gasteiger partial charge in [0.15, 0.2) is 5.82 Å². The lowest BCUT2D eigenvalue weighted by Crippen LogP contribution is -2.21. The van der Waals surface area contributed by atoms with Gasteiger partial charge in [0, 0.05) is 16.7 Å². The Morgan fingerprint density at radius 3 is 2.50 bits per heavy atom. The van der Waals surface area contributed by atoms with Crippen LogP contribution in [0.4, 0.5) is 16.4 Å². The first-order valence-corrected chi connectivity index (χ1v) is 5.68. The van der Waals surface area contributed by atoms with Gasteiger partial charge in [-0.3, -0.25) is 15.4 Å². The molecule has 0 unspecified atom stereocenters. The van der Waals surface area contributed by atoms with Crippen LogP contribution >= 0.6 is 15.9 Å². The summed E-state index contributed by atoms with van der Waals surface area (Å²) in [5.41, 5.74) is -0.337. The lowest BCUT2D eigenvalue weighted by Gasteiger charge is -2.05. The minimum atomic E-state index is -0.496. The average Bonchev–Trinajstić information content (AvgIpc) is 2.35. The SMILES string of the molecule is O=C(Nc1ccc(Br)cn1)Nc1ccc(=O)[nH]n1. The van der Waals surface area contributed by atoms with Gasteiger partial charge in [0.1, 0.15) is 5.82 Å². The number of hydrogen-bond acceptors (Lipinski definition) is 4. The van der Waals surface area contributed by atoms with Gasteiger partial charge in [-0.1, -0.05) is 0 Å². The summed E-state index contributed by atoms with van der Waals surface area (Å²) in [6.45, 7) is 0. The van der Waals surface area contributed by atoms with Crippen LogP contribution in [0, 0.1) is 0 Å². The van der Waals surface area contributed by atoms with Crippen molar-refractivity contribution < 1.29 is 4.79 Å². The molecule has 3 N–H and O–H groups in total. The van der Waals surface area contributed by atoms with Crippen LogP contribution in [0.3, 0.4) is 0 Å². The van der Waals surface area contributed by atoms with Gasteiger partial charge in [-0.05, 0) is 34.1 Å². The number of hydrogen-bond donors (Lipinski definition) is 3. The van der Waals surface area contributed by atoms with Gasteiger partial charge < -0.3 is 0 Å². The van der Waals surface area contributed by atoms with Gasteiger partial charge in [0.05, 0.1) is 0 Å². The van der Waals surface area contributed by atoms with E-state index in [0.717, 1.165) is 4.47 Å². The van der Waals surface area contributed by atoms with E-state index in [0.29, 0.717) is 5.82 Å². The van der Waals surface area contributed by atoms with Crippen LogP contribution in [0.15, 0.2) is 39.7 Å². The first kappa shape index (κ1) is 12.2. The van der Waals surface area contributed by atoms with E-state index in [4.69, 9.17) is 0 Å². The number of nitrogens with one attached hydrogen (secondary N) is 3. The van der Waals surface area contributed by atoms with Crippen LogP contribution < -0.4 is 16.2 Å². The van der Waals surface area contributed by atoms with E-state index >= 15 is 0 Å². The van der Waals surface area contributed by atoms with E-state index in [1.54, 1.807) is 18.3 Å². The zero-order chi connectivity index (χ0) is 13.0. The monoisotopic (exact) mass is 309 g/mol. The minimum absolute atomic E-state index is 0.240. The van der Waals surface area contributed by atoms with Crippen LogP contribution in [-0.2, 0) is 0 Å². The molecule has 0 aromatic carbocycles. The number of nitrogens with zero attached hydrogens (tertiary/aromatic N) is 2. The highest BCUT2D eigenvalue weighted by atomic mass is 79.9. The number of aromatic amines is 1. The summed E-state index contributed by atoms with van der Waals surface area (Å²) in [5, 5.41) is 10.8. The molecule has 7 nitrogen and oxygen atoms in total. The molecule has 2 heterocycles. The van der Waals surface area contributed by atoms with E-state index in [1.165, 1.54) is 12.1 Å². The molecular formula is C10H8BrN5O2. The Hall–Kier alpha value is -2.22. The molecule has 0 saturated heterocycles. The molecule has 0 aliphatic rings. The summed E-state index contributed by atoms with van der Waals surface area (Å²) in [6.07, 6.45) is 1.56. The summed E-state index contributed by atoms with van der Waals surface area (Å²) in [7, 11) is 0. The molecule has 2 aromatic heterocycles. The number of aromatic nitrogens is 3. The summed E-state index contributed by atoms with van der Waals surface area (Å²) in [4.78, 5) is 26.3. The molecule has 0 aliphatic heterocycles.